The van der Waals surface area contributed by atoms with Gasteiger partial charge in [0.2, 0.25) is 11.7 Å². The molecule has 2 atom stereocenters. The van der Waals surface area contributed by atoms with E-state index in [1.165, 1.54) is 18.3 Å². The summed E-state index contributed by atoms with van der Waals surface area (Å²) in [5.74, 6) is -3.46. The molecule has 1 aromatic carbocycles. The van der Waals surface area contributed by atoms with Gasteiger partial charge in [0.25, 0.3) is 5.91 Å². The molecule has 3 rings (SSSR count). The quantitative estimate of drug-likeness (QED) is 0.345. The number of nitrogens with zero attached hydrogens (tertiary/aromatic N) is 2. The fourth-order valence-electron chi connectivity index (χ4n) is 3.25. The maximum absolute atomic E-state index is 13.1. The second-order valence-electron chi connectivity index (χ2n) is 7.82. The molecule has 0 spiro atoms. The Balaban J connectivity index is 0.000000572. The number of rotatable bonds is 8. The van der Waals surface area contributed by atoms with E-state index in [-0.39, 0.29) is 24.1 Å². The van der Waals surface area contributed by atoms with Crippen molar-refractivity contribution in [3.8, 4) is 0 Å². The molecule has 0 saturated carbocycles. The zero-order valence-corrected chi connectivity index (χ0v) is 20.2. The molecule has 0 bridgehead atoms. The van der Waals surface area contributed by atoms with Crippen molar-refractivity contribution in [2.75, 3.05) is 26.2 Å². The number of nitrogens with one attached hydrogen (secondary N) is 1. The topological polar surface area (TPSA) is 152 Å². The van der Waals surface area contributed by atoms with Crippen LogP contribution in [0.3, 0.4) is 0 Å². The summed E-state index contributed by atoms with van der Waals surface area (Å²) in [6, 6.07) is 6.84. The van der Waals surface area contributed by atoms with E-state index in [1.807, 2.05) is 24.3 Å². The molecule has 1 aliphatic heterocycles. The van der Waals surface area contributed by atoms with E-state index < -0.39 is 24.3 Å². The fourth-order valence-corrected chi connectivity index (χ4v) is 4.21. The normalized spacial score (nSPS) is 16.6. The van der Waals surface area contributed by atoms with E-state index in [9.17, 15) is 27.6 Å². The van der Waals surface area contributed by atoms with Gasteiger partial charge in [-0.25, -0.2) is 9.78 Å². The van der Waals surface area contributed by atoms with Gasteiger partial charge in [0.1, 0.15) is 0 Å². The number of carboxylic acid groups (broad SMARTS) is 1. The number of fused-ring (bicyclic) bond motifs is 1. The average molecular weight is 533 g/mol. The van der Waals surface area contributed by atoms with Crippen molar-refractivity contribution in [3.05, 3.63) is 29.3 Å². The molecule has 2 amide bonds. The van der Waals surface area contributed by atoms with Crippen LogP contribution in [0.4, 0.5) is 13.2 Å². The van der Waals surface area contributed by atoms with Crippen LogP contribution in [0.2, 0.25) is 0 Å². The number of halogens is 3. The highest BCUT2D eigenvalue weighted by atomic mass is 32.1. The van der Waals surface area contributed by atoms with Crippen LogP contribution >= 0.6 is 11.3 Å². The number of carbonyl (C=O) groups is 4. The third-order valence-electron chi connectivity index (χ3n) is 5.13. The molecule has 1 fully saturated rings. The van der Waals surface area contributed by atoms with E-state index in [1.54, 1.807) is 4.90 Å². The van der Waals surface area contributed by atoms with Gasteiger partial charge in [-0.15, -0.1) is 11.3 Å². The molecular weight excluding hydrogens is 505 g/mol. The number of aromatic nitrogens is 1. The minimum Gasteiger partial charge on any atom is -0.475 e. The van der Waals surface area contributed by atoms with E-state index in [4.69, 9.17) is 20.4 Å². The summed E-state index contributed by atoms with van der Waals surface area (Å²) in [6.45, 7) is 2.93. The van der Waals surface area contributed by atoms with Crippen LogP contribution in [0.15, 0.2) is 24.3 Å². The van der Waals surface area contributed by atoms with E-state index >= 15 is 0 Å². The van der Waals surface area contributed by atoms with Crippen LogP contribution in [0, 0.1) is 0 Å². The molecule has 198 valence electrons. The maximum Gasteiger partial charge on any atom is 0.490 e. The van der Waals surface area contributed by atoms with Crippen molar-refractivity contribution in [3.63, 3.8) is 0 Å². The minimum absolute atomic E-state index is 0.101. The predicted octanol–water partition coefficient (Wildman–Crippen LogP) is 1.97. The summed E-state index contributed by atoms with van der Waals surface area (Å²) in [4.78, 5) is 52.4. The Labute approximate surface area is 208 Å². The number of para-hydroxylation sites is 1. The number of ether oxygens (including phenoxy) is 1. The van der Waals surface area contributed by atoms with Gasteiger partial charge < -0.3 is 25.8 Å². The number of carboxylic acids is 1. The summed E-state index contributed by atoms with van der Waals surface area (Å²) < 4.78 is 38.2. The van der Waals surface area contributed by atoms with Gasteiger partial charge in [0.15, 0.2) is 11.1 Å². The van der Waals surface area contributed by atoms with E-state index in [2.05, 4.69) is 10.3 Å². The monoisotopic (exact) mass is 532 g/mol. The first-order valence-corrected chi connectivity index (χ1v) is 11.8. The standard InChI is InChI=1S/C20H26N4O4S.C2HF3O2/c1-13(25)24-10-11-28-16(12-24)19(27)22-15(7-4-5-9-21)18(26)20-23-14-6-2-3-8-17(14)29-20;3-2(4,5)1(6)7/h2-3,6,8,15-16H,4-5,7,9-12,21H2,1H3,(H,22,27);(H,6,7)/t15-,16?;/m0./s1. The number of carbonyl (C=O) groups excluding carboxylic acids is 3. The minimum atomic E-state index is -5.08. The Morgan fingerprint density at radius 1 is 1.28 bits per heavy atom. The van der Waals surface area contributed by atoms with Crippen LogP contribution in [0.5, 0.6) is 0 Å². The number of amides is 2. The lowest BCUT2D eigenvalue weighted by Gasteiger charge is -2.32. The summed E-state index contributed by atoms with van der Waals surface area (Å²) in [6.07, 6.45) is -3.92. The lowest BCUT2D eigenvalue weighted by Crippen LogP contribution is -2.54. The van der Waals surface area contributed by atoms with E-state index in [0.29, 0.717) is 37.5 Å². The molecule has 36 heavy (non-hydrogen) atoms. The maximum atomic E-state index is 13.1. The molecule has 10 nitrogen and oxygen atoms in total. The van der Waals surface area contributed by atoms with Gasteiger partial charge >= 0.3 is 12.1 Å². The molecule has 2 heterocycles. The number of ketones is 1. The van der Waals surface area contributed by atoms with Gasteiger partial charge in [0.05, 0.1) is 29.4 Å². The first-order valence-electron chi connectivity index (χ1n) is 11.0. The largest absolute Gasteiger partial charge is 0.490 e. The molecule has 1 aromatic heterocycles. The smallest absolute Gasteiger partial charge is 0.475 e. The number of unbranched alkanes of at least 4 members (excludes halogenated alkanes) is 1. The zero-order valence-electron chi connectivity index (χ0n) is 19.4. The molecule has 1 aliphatic rings. The Kier molecular flexibility index (Phi) is 10.7. The Morgan fingerprint density at radius 2 is 1.94 bits per heavy atom. The first kappa shape index (κ1) is 29.1. The number of benzene rings is 1. The van der Waals surface area contributed by atoms with Crippen molar-refractivity contribution in [2.45, 2.75) is 44.5 Å². The Hall–Kier alpha value is -3.10. The molecule has 4 N–H and O–H groups in total. The number of thiazole rings is 1. The molecular formula is C22H27F3N4O6S. The van der Waals surface area contributed by atoms with Crippen molar-refractivity contribution < 1.29 is 42.2 Å². The van der Waals surface area contributed by atoms with Crippen LogP contribution in [-0.2, 0) is 19.1 Å². The fraction of sp³-hybridized carbons (Fsp3) is 0.500. The number of nitrogens with two attached hydrogens (primary N) is 1. The predicted molar refractivity (Wildman–Crippen MR) is 124 cm³/mol. The van der Waals surface area contributed by atoms with Gasteiger partial charge in [0, 0.05) is 13.5 Å². The van der Waals surface area contributed by atoms with Gasteiger partial charge in [-0.3, -0.25) is 14.4 Å². The van der Waals surface area contributed by atoms with Gasteiger partial charge in [-0.05, 0) is 37.9 Å². The zero-order chi connectivity index (χ0) is 26.9. The third-order valence-corrected chi connectivity index (χ3v) is 6.18. The Morgan fingerprint density at radius 3 is 2.53 bits per heavy atom. The highest BCUT2D eigenvalue weighted by molar-refractivity contribution is 7.20. The molecule has 1 unspecified atom stereocenters. The molecule has 0 aliphatic carbocycles. The van der Waals surface area contributed by atoms with Crippen LogP contribution in [0.1, 0.15) is 36.0 Å². The summed E-state index contributed by atoms with van der Waals surface area (Å²) >= 11 is 1.32. The van der Waals surface area contributed by atoms with Crippen LogP contribution in [-0.4, -0.2) is 83.1 Å². The summed E-state index contributed by atoms with van der Waals surface area (Å²) in [5, 5.41) is 10.3. The highest BCUT2D eigenvalue weighted by Crippen LogP contribution is 2.23. The number of morpholine rings is 1. The van der Waals surface area contributed by atoms with Crippen LogP contribution in [0.25, 0.3) is 10.2 Å². The molecule has 14 heteroatoms. The summed E-state index contributed by atoms with van der Waals surface area (Å²) in [7, 11) is 0. The third kappa shape index (κ3) is 8.53. The van der Waals surface area contributed by atoms with Gasteiger partial charge in [-0.1, -0.05) is 12.1 Å². The first-order chi connectivity index (χ1) is 16.9. The highest BCUT2D eigenvalue weighted by Gasteiger charge is 2.38. The number of alkyl halides is 3. The number of hydrogen-bond acceptors (Lipinski definition) is 8. The SMILES string of the molecule is CC(=O)N1CCOC(C(=O)N[C@@H](CCCCN)C(=O)c2nc3ccccc3s2)C1.O=C(O)C(F)(F)F. The van der Waals surface area contributed by atoms with Crippen molar-refractivity contribution >= 4 is 45.1 Å². The molecule has 1 saturated heterocycles. The number of Topliss-reactive ketones (excluding diaryl/α,β-unsaturated/α-hetero) is 1. The van der Waals surface area contributed by atoms with Crippen molar-refractivity contribution in [2.24, 2.45) is 5.73 Å². The number of hydrogen-bond donors (Lipinski definition) is 3. The van der Waals surface area contributed by atoms with Gasteiger partial charge in [-0.2, -0.15) is 13.2 Å². The lowest BCUT2D eigenvalue weighted by molar-refractivity contribution is -0.192. The average Bonchev–Trinajstić information content (AvgIpc) is 3.27. The van der Waals surface area contributed by atoms with E-state index in [0.717, 1.165) is 16.6 Å². The Bertz CT molecular complexity index is 1040. The second kappa shape index (κ2) is 13.3. The second-order valence-corrected chi connectivity index (χ2v) is 8.85. The number of aliphatic carboxylic acids is 1. The lowest BCUT2D eigenvalue weighted by atomic mass is 10.0. The molecule has 0 radical (unpaired) electrons. The van der Waals surface area contributed by atoms with Crippen molar-refractivity contribution in [1.82, 2.24) is 15.2 Å². The van der Waals surface area contributed by atoms with Crippen LogP contribution < -0.4 is 11.1 Å². The van der Waals surface area contributed by atoms with Crippen molar-refractivity contribution in [1.29, 1.82) is 0 Å². The molecule has 2 aromatic rings. The summed E-state index contributed by atoms with van der Waals surface area (Å²) in [5.41, 5.74) is 6.34.